The lowest BCUT2D eigenvalue weighted by molar-refractivity contribution is 0.425. The highest BCUT2D eigenvalue weighted by Crippen LogP contribution is 2.34. The molecule has 2 heterocycles. The van der Waals surface area contributed by atoms with Crippen molar-refractivity contribution in [1.82, 2.24) is 14.9 Å². The van der Waals surface area contributed by atoms with Gasteiger partial charge in [0.2, 0.25) is 0 Å². The fraction of sp³-hybridized carbons (Fsp3) is 0.211. The summed E-state index contributed by atoms with van der Waals surface area (Å²) in [6, 6.07) is 16.7. The zero-order valence-corrected chi connectivity index (χ0v) is 13.4. The fourth-order valence-electron chi connectivity index (χ4n) is 3.07. The zero-order valence-electron chi connectivity index (χ0n) is 13.4. The number of aromatic nitrogens is 2. The van der Waals surface area contributed by atoms with Crippen LogP contribution >= 0.6 is 0 Å². The minimum absolute atomic E-state index is 0.868. The van der Waals surface area contributed by atoms with Gasteiger partial charge in [-0.05, 0) is 26.2 Å². The summed E-state index contributed by atoms with van der Waals surface area (Å²) in [4.78, 5) is 10.6. The Morgan fingerprint density at radius 1 is 1.00 bits per heavy atom. The molecule has 2 aromatic heterocycles. The van der Waals surface area contributed by atoms with Gasteiger partial charge in [-0.3, -0.25) is 0 Å². The van der Waals surface area contributed by atoms with E-state index in [2.05, 4.69) is 71.8 Å². The van der Waals surface area contributed by atoms with Crippen LogP contribution in [0.25, 0.3) is 32.7 Å². The topological polar surface area (TPSA) is 44.0 Å². The van der Waals surface area contributed by atoms with Crippen LogP contribution in [0.3, 0.4) is 0 Å². The van der Waals surface area contributed by atoms with Crippen molar-refractivity contribution >= 4 is 38.5 Å². The van der Waals surface area contributed by atoms with Gasteiger partial charge >= 0.3 is 0 Å². The number of para-hydroxylation sites is 2. The van der Waals surface area contributed by atoms with Gasteiger partial charge in [0.15, 0.2) is 0 Å². The van der Waals surface area contributed by atoms with Crippen LogP contribution in [0.1, 0.15) is 0 Å². The number of H-pyrrole nitrogens is 1. The third-order valence-electron chi connectivity index (χ3n) is 4.20. The Hall–Kier alpha value is -2.59. The Bertz CT molecular complexity index is 985. The van der Waals surface area contributed by atoms with Gasteiger partial charge in [0.25, 0.3) is 0 Å². The van der Waals surface area contributed by atoms with Gasteiger partial charge in [-0.1, -0.05) is 36.4 Å². The minimum atomic E-state index is 0.868. The molecule has 0 bridgehead atoms. The standard InChI is InChI=1S/C19H20N4/c1-23(2)12-11-20-19-17-13-7-3-5-9-15(13)21-18(17)14-8-4-6-10-16(14)22-19/h3-10,21H,11-12H2,1-2H3,(H,20,22). The maximum absolute atomic E-state index is 4.87. The van der Waals surface area contributed by atoms with E-state index in [-0.39, 0.29) is 0 Å². The van der Waals surface area contributed by atoms with E-state index in [0.29, 0.717) is 0 Å². The molecule has 4 rings (SSSR count). The molecule has 4 heteroatoms. The number of nitrogens with zero attached hydrogens (tertiary/aromatic N) is 2. The number of fused-ring (bicyclic) bond motifs is 5. The normalized spacial score (nSPS) is 11.8. The summed E-state index contributed by atoms with van der Waals surface area (Å²) in [5.41, 5.74) is 3.32. The Kier molecular flexibility index (Phi) is 3.39. The summed E-state index contributed by atoms with van der Waals surface area (Å²) in [5, 5.41) is 7.07. The van der Waals surface area contributed by atoms with Gasteiger partial charge in [-0.25, -0.2) is 4.98 Å². The average Bonchev–Trinajstić information content (AvgIpc) is 2.94. The van der Waals surface area contributed by atoms with Crippen molar-refractivity contribution in [2.75, 3.05) is 32.5 Å². The molecule has 0 aliphatic heterocycles. The number of hydrogen-bond donors (Lipinski definition) is 2. The fourth-order valence-corrected chi connectivity index (χ4v) is 3.07. The molecule has 4 aromatic rings. The molecule has 2 aromatic carbocycles. The molecule has 0 atom stereocenters. The van der Waals surface area contributed by atoms with Gasteiger partial charge in [0.05, 0.1) is 16.4 Å². The molecule has 0 fully saturated rings. The van der Waals surface area contributed by atoms with Crippen LogP contribution in [-0.2, 0) is 0 Å². The Labute approximate surface area is 135 Å². The van der Waals surface area contributed by atoms with Crippen molar-refractivity contribution in [1.29, 1.82) is 0 Å². The molecule has 0 aliphatic carbocycles. The number of benzene rings is 2. The monoisotopic (exact) mass is 304 g/mol. The number of anilines is 1. The largest absolute Gasteiger partial charge is 0.368 e. The number of aromatic amines is 1. The molecular formula is C19H20N4. The highest BCUT2D eigenvalue weighted by atomic mass is 15.1. The quantitative estimate of drug-likeness (QED) is 0.602. The summed E-state index contributed by atoms with van der Waals surface area (Å²) in [5.74, 6) is 0.956. The first kappa shape index (κ1) is 14.0. The van der Waals surface area contributed by atoms with Crippen molar-refractivity contribution in [2.45, 2.75) is 0 Å². The Morgan fingerprint density at radius 2 is 1.74 bits per heavy atom. The summed E-state index contributed by atoms with van der Waals surface area (Å²) in [6.45, 7) is 1.84. The summed E-state index contributed by atoms with van der Waals surface area (Å²) in [7, 11) is 4.16. The van der Waals surface area contributed by atoms with E-state index in [1.165, 1.54) is 10.8 Å². The van der Waals surface area contributed by atoms with Crippen LogP contribution < -0.4 is 5.32 Å². The second kappa shape index (κ2) is 5.56. The first-order valence-corrected chi connectivity index (χ1v) is 7.92. The summed E-state index contributed by atoms with van der Waals surface area (Å²) in [6.07, 6.45) is 0. The van der Waals surface area contributed by atoms with E-state index < -0.39 is 0 Å². The second-order valence-electron chi connectivity index (χ2n) is 6.13. The SMILES string of the molecule is CN(C)CCNc1nc2ccccc2c2[nH]c3ccccc3c12. The average molecular weight is 304 g/mol. The van der Waals surface area contributed by atoms with Crippen molar-refractivity contribution in [3.8, 4) is 0 Å². The molecule has 0 aliphatic rings. The van der Waals surface area contributed by atoms with Gasteiger partial charge < -0.3 is 15.2 Å². The van der Waals surface area contributed by atoms with Crippen molar-refractivity contribution in [2.24, 2.45) is 0 Å². The minimum Gasteiger partial charge on any atom is -0.368 e. The maximum Gasteiger partial charge on any atom is 0.136 e. The van der Waals surface area contributed by atoms with Crippen LogP contribution in [0.2, 0.25) is 0 Å². The number of pyridine rings is 1. The van der Waals surface area contributed by atoms with Crippen molar-refractivity contribution < 1.29 is 0 Å². The molecule has 0 saturated heterocycles. The summed E-state index contributed by atoms with van der Waals surface area (Å²) < 4.78 is 0. The lowest BCUT2D eigenvalue weighted by atomic mass is 10.1. The first-order valence-electron chi connectivity index (χ1n) is 7.92. The maximum atomic E-state index is 4.87. The molecule has 0 spiro atoms. The van der Waals surface area contributed by atoms with Crippen LogP contribution in [0.15, 0.2) is 48.5 Å². The molecule has 4 nitrogen and oxygen atoms in total. The Balaban J connectivity index is 1.97. The van der Waals surface area contributed by atoms with Crippen LogP contribution in [-0.4, -0.2) is 42.1 Å². The first-order chi connectivity index (χ1) is 11.2. The zero-order chi connectivity index (χ0) is 15.8. The lowest BCUT2D eigenvalue weighted by Gasteiger charge is -2.12. The van der Waals surface area contributed by atoms with Crippen LogP contribution in [0.5, 0.6) is 0 Å². The number of rotatable bonds is 4. The third-order valence-corrected chi connectivity index (χ3v) is 4.20. The number of hydrogen-bond acceptors (Lipinski definition) is 3. The molecule has 0 radical (unpaired) electrons. The second-order valence-corrected chi connectivity index (χ2v) is 6.13. The van der Waals surface area contributed by atoms with Crippen LogP contribution in [0, 0.1) is 0 Å². The summed E-state index contributed by atoms with van der Waals surface area (Å²) >= 11 is 0. The van der Waals surface area contributed by atoms with Crippen molar-refractivity contribution in [3.63, 3.8) is 0 Å². The van der Waals surface area contributed by atoms with E-state index >= 15 is 0 Å². The van der Waals surface area contributed by atoms with Gasteiger partial charge in [-0.2, -0.15) is 0 Å². The van der Waals surface area contributed by atoms with E-state index in [9.17, 15) is 0 Å². The predicted octanol–water partition coefficient (Wildman–Crippen LogP) is 3.84. The molecule has 116 valence electrons. The molecule has 0 amide bonds. The smallest absolute Gasteiger partial charge is 0.136 e. The molecule has 0 unspecified atom stereocenters. The van der Waals surface area contributed by atoms with E-state index in [4.69, 9.17) is 4.98 Å². The highest BCUT2D eigenvalue weighted by molar-refractivity contribution is 6.20. The van der Waals surface area contributed by atoms with Gasteiger partial charge in [0, 0.05) is 29.4 Å². The number of nitrogens with one attached hydrogen (secondary N) is 2. The molecule has 2 N–H and O–H groups in total. The predicted molar refractivity (Wildman–Crippen MR) is 98.1 cm³/mol. The van der Waals surface area contributed by atoms with Crippen molar-refractivity contribution in [3.05, 3.63) is 48.5 Å². The highest BCUT2D eigenvalue weighted by Gasteiger charge is 2.13. The molecule has 23 heavy (non-hydrogen) atoms. The van der Waals surface area contributed by atoms with Gasteiger partial charge in [0.1, 0.15) is 5.82 Å². The van der Waals surface area contributed by atoms with Crippen LogP contribution in [0.4, 0.5) is 5.82 Å². The molecular weight excluding hydrogens is 284 g/mol. The van der Waals surface area contributed by atoms with E-state index in [1.807, 2.05) is 6.07 Å². The Morgan fingerprint density at radius 3 is 2.57 bits per heavy atom. The lowest BCUT2D eigenvalue weighted by Crippen LogP contribution is -2.21. The number of likely N-dealkylation sites (N-methyl/N-ethyl adjacent to an activating group) is 1. The van der Waals surface area contributed by atoms with E-state index in [1.54, 1.807) is 0 Å². The van der Waals surface area contributed by atoms with Gasteiger partial charge in [-0.15, -0.1) is 0 Å². The third kappa shape index (κ3) is 2.41. The van der Waals surface area contributed by atoms with E-state index in [0.717, 1.165) is 40.8 Å². The molecule has 0 saturated carbocycles.